The molecule has 11 aromatic carbocycles. The maximum absolute atomic E-state index is 2.41. The Balaban J connectivity index is 0.990. The van der Waals surface area contributed by atoms with Gasteiger partial charge in [0.05, 0.1) is 11.0 Å². The van der Waals surface area contributed by atoms with Gasteiger partial charge in [-0.1, -0.05) is 200 Å². The van der Waals surface area contributed by atoms with Gasteiger partial charge in [0.25, 0.3) is 0 Å². The molecule has 68 heavy (non-hydrogen) atoms. The third-order valence-electron chi connectivity index (χ3n) is 13.1. The Labute approximate surface area is 397 Å². The molecule has 0 radical (unpaired) electrons. The molecule has 0 aliphatic rings. The van der Waals surface area contributed by atoms with Crippen molar-refractivity contribution in [2.45, 2.75) is 0 Å². The van der Waals surface area contributed by atoms with E-state index < -0.39 is 0 Å². The lowest BCUT2D eigenvalue weighted by atomic mass is 9.95. The van der Waals surface area contributed by atoms with Gasteiger partial charge < -0.3 is 9.47 Å². The summed E-state index contributed by atoms with van der Waals surface area (Å²) in [6.45, 7) is 0. The molecule has 12 aromatic rings. The number of anilines is 3. The van der Waals surface area contributed by atoms with E-state index in [1.807, 2.05) is 0 Å². The lowest BCUT2D eigenvalue weighted by Crippen LogP contribution is -2.10. The molecular formula is C66H46N2. The zero-order valence-electron chi connectivity index (χ0n) is 37.5. The van der Waals surface area contributed by atoms with Gasteiger partial charge in [0, 0.05) is 33.5 Å². The molecule has 0 unspecified atom stereocenters. The summed E-state index contributed by atoms with van der Waals surface area (Å²) in [7, 11) is 0. The first-order chi connectivity index (χ1) is 33.7. The minimum atomic E-state index is 1.07. The molecular weight excluding hydrogens is 821 g/mol. The molecule has 2 heteroatoms. The van der Waals surface area contributed by atoms with Crippen molar-refractivity contribution in [3.63, 3.8) is 0 Å². The minimum Gasteiger partial charge on any atom is -0.310 e. The third-order valence-corrected chi connectivity index (χ3v) is 13.1. The van der Waals surface area contributed by atoms with Crippen molar-refractivity contribution in [2.75, 3.05) is 4.90 Å². The Bertz CT molecular complexity index is 3650. The van der Waals surface area contributed by atoms with Crippen LogP contribution in [0.25, 0.3) is 94.3 Å². The second-order valence-electron chi connectivity index (χ2n) is 17.3. The summed E-state index contributed by atoms with van der Waals surface area (Å²) < 4.78 is 2.39. The number of hydrogen-bond acceptors (Lipinski definition) is 1. The minimum absolute atomic E-state index is 1.07. The molecule has 0 saturated carbocycles. The Morgan fingerprint density at radius 1 is 0.235 bits per heavy atom. The van der Waals surface area contributed by atoms with Crippen LogP contribution in [0.2, 0.25) is 0 Å². The molecule has 12 rings (SSSR count). The van der Waals surface area contributed by atoms with Crippen LogP contribution in [0.4, 0.5) is 17.1 Å². The Hall–Kier alpha value is -8.98. The first kappa shape index (κ1) is 40.5. The van der Waals surface area contributed by atoms with Gasteiger partial charge in [-0.3, -0.25) is 0 Å². The average molecular weight is 867 g/mol. The van der Waals surface area contributed by atoms with Gasteiger partial charge in [0.15, 0.2) is 0 Å². The highest BCUT2D eigenvalue weighted by Gasteiger charge is 2.19. The highest BCUT2D eigenvalue weighted by atomic mass is 15.1. The second kappa shape index (κ2) is 17.8. The zero-order valence-corrected chi connectivity index (χ0v) is 37.5. The van der Waals surface area contributed by atoms with E-state index >= 15 is 0 Å². The Morgan fingerprint density at radius 3 is 1.28 bits per heavy atom. The fourth-order valence-corrected chi connectivity index (χ4v) is 9.90. The van der Waals surface area contributed by atoms with Crippen LogP contribution in [0.3, 0.4) is 0 Å². The maximum Gasteiger partial charge on any atom is 0.0547 e. The van der Waals surface area contributed by atoms with Crippen molar-refractivity contribution in [3.8, 4) is 72.4 Å². The highest BCUT2D eigenvalue weighted by Crippen LogP contribution is 2.43. The predicted molar refractivity (Wildman–Crippen MR) is 288 cm³/mol. The molecule has 0 aliphatic carbocycles. The van der Waals surface area contributed by atoms with Crippen LogP contribution >= 0.6 is 0 Å². The third kappa shape index (κ3) is 7.74. The number of nitrogens with zero attached hydrogens (tertiary/aromatic N) is 2. The molecule has 0 spiro atoms. The summed E-state index contributed by atoms with van der Waals surface area (Å²) in [6.07, 6.45) is 0. The Morgan fingerprint density at radius 2 is 0.647 bits per heavy atom. The number of rotatable bonds is 10. The molecule has 0 bridgehead atoms. The van der Waals surface area contributed by atoms with E-state index in [9.17, 15) is 0 Å². The first-order valence-electron chi connectivity index (χ1n) is 23.3. The molecule has 0 amide bonds. The molecule has 0 N–H and O–H groups in total. The van der Waals surface area contributed by atoms with Gasteiger partial charge in [-0.05, 0) is 146 Å². The molecule has 0 saturated heterocycles. The fourth-order valence-electron chi connectivity index (χ4n) is 9.90. The van der Waals surface area contributed by atoms with Crippen molar-refractivity contribution in [3.05, 3.63) is 279 Å². The van der Waals surface area contributed by atoms with Crippen LogP contribution in [0.15, 0.2) is 279 Å². The first-order valence-corrected chi connectivity index (χ1v) is 23.3. The van der Waals surface area contributed by atoms with Crippen molar-refractivity contribution in [1.82, 2.24) is 4.57 Å². The Kier molecular flexibility index (Phi) is 10.6. The van der Waals surface area contributed by atoms with E-state index in [0.29, 0.717) is 0 Å². The monoisotopic (exact) mass is 866 g/mol. The van der Waals surface area contributed by atoms with Crippen LogP contribution in [0, 0.1) is 0 Å². The average Bonchev–Trinajstić information content (AvgIpc) is 3.77. The van der Waals surface area contributed by atoms with E-state index in [1.54, 1.807) is 0 Å². The molecule has 320 valence electrons. The number of fused-ring (bicyclic) bond motifs is 3. The van der Waals surface area contributed by atoms with Crippen molar-refractivity contribution in [1.29, 1.82) is 0 Å². The van der Waals surface area contributed by atoms with E-state index in [0.717, 1.165) is 45.0 Å². The second-order valence-corrected chi connectivity index (χ2v) is 17.3. The number of para-hydroxylation sites is 2. The highest BCUT2D eigenvalue weighted by molar-refractivity contribution is 6.16. The number of hydrogen-bond donors (Lipinski definition) is 0. The predicted octanol–water partition coefficient (Wildman–Crippen LogP) is 18.3. The van der Waals surface area contributed by atoms with Gasteiger partial charge in [-0.25, -0.2) is 0 Å². The van der Waals surface area contributed by atoms with Crippen molar-refractivity contribution < 1.29 is 0 Å². The smallest absolute Gasteiger partial charge is 0.0547 e. The molecule has 1 heterocycles. The summed E-state index contributed by atoms with van der Waals surface area (Å²) in [4.78, 5) is 2.41. The topological polar surface area (TPSA) is 8.17 Å². The van der Waals surface area contributed by atoms with Gasteiger partial charge in [0.2, 0.25) is 0 Å². The lowest BCUT2D eigenvalue weighted by molar-refractivity contribution is 1.18. The summed E-state index contributed by atoms with van der Waals surface area (Å²) in [5.41, 5.74) is 20.9. The quantitative estimate of drug-likeness (QED) is 0.133. The number of benzene rings is 11. The van der Waals surface area contributed by atoms with E-state index in [-0.39, 0.29) is 0 Å². The van der Waals surface area contributed by atoms with Gasteiger partial charge in [-0.2, -0.15) is 0 Å². The summed E-state index contributed by atoms with van der Waals surface area (Å²) in [6, 6.07) is 101. The molecule has 1 aromatic heterocycles. The SMILES string of the molecule is c1ccc(-c2cccc(-c3ccc(N(c4cccc(-c5cccc(-c6cccc7c6c6ccccc6n7-c6ccccc6)c5)c4)c4cc(-c5ccccc5)cc(-c5ccccc5)c4)cc3)c2)cc1. The molecule has 0 aliphatic heterocycles. The van der Waals surface area contributed by atoms with Crippen LogP contribution in [0.1, 0.15) is 0 Å². The van der Waals surface area contributed by atoms with E-state index in [2.05, 4.69) is 289 Å². The normalized spacial score (nSPS) is 11.2. The van der Waals surface area contributed by atoms with E-state index in [4.69, 9.17) is 0 Å². The summed E-state index contributed by atoms with van der Waals surface area (Å²) in [5.74, 6) is 0. The lowest BCUT2D eigenvalue weighted by Gasteiger charge is -2.27. The molecule has 0 atom stereocenters. The molecule has 0 fully saturated rings. The largest absolute Gasteiger partial charge is 0.310 e. The maximum atomic E-state index is 2.41. The zero-order chi connectivity index (χ0) is 45.2. The molecule has 2 nitrogen and oxygen atoms in total. The fraction of sp³-hybridized carbons (Fsp3) is 0. The van der Waals surface area contributed by atoms with E-state index in [1.165, 1.54) is 66.3 Å². The van der Waals surface area contributed by atoms with Crippen LogP contribution < -0.4 is 4.90 Å². The van der Waals surface area contributed by atoms with Gasteiger partial charge >= 0.3 is 0 Å². The van der Waals surface area contributed by atoms with Crippen LogP contribution in [-0.2, 0) is 0 Å². The van der Waals surface area contributed by atoms with Crippen molar-refractivity contribution >= 4 is 38.9 Å². The van der Waals surface area contributed by atoms with Crippen LogP contribution in [-0.4, -0.2) is 4.57 Å². The standard InChI is InChI=1S/C66H46N2/c1-5-19-47(20-6-1)51-25-15-26-52(41-51)50-37-39-59(40-38-50)67(61-45-56(48-21-7-2-8-22-48)43-57(46-61)49-23-9-3-10-24-49)60-32-17-28-54(44-60)53-27-16-29-55(42-53)62-34-18-36-65-66(62)63-33-13-14-35-64(63)68(65)58-30-11-4-12-31-58/h1-46H. The van der Waals surface area contributed by atoms with Crippen molar-refractivity contribution in [2.24, 2.45) is 0 Å². The number of aromatic nitrogens is 1. The van der Waals surface area contributed by atoms with Gasteiger partial charge in [-0.15, -0.1) is 0 Å². The van der Waals surface area contributed by atoms with Crippen LogP contribution in [0.5, 0.6) is 0 Å². The summed E-state index contributed by atoms with van der Waals surface area (Å²) in [5, 5.41) is 2.50. The summed E-state index contributed by atoms with van der Waals surface area (Å²) >= 11 is 0. The van der Waals surface area contributed by atoms with Gasteiger partial charge in [0.1, 0.15) is 0 Å².